The Morgan fingerprint density at radius 2 is 1.91 bits per heavy atom. The van der Waals surface area contributed by atoms with Gasteiger partial charge in [0.15, 0.2) is 0 Å². The lowest BCUT2D eigenvalue weighted by atomic mass is 10.1. The van der Waals surface area contributed by atoms with Crippen molar-refractivity contribution in [3.63, 3.8) is 0 Å². The Labute approximate surface area is 131 Å². The summed E-state index contributed by atoms with van der Waals surface area (Å²) in [5.74, 6) is 1.17. The molecule has 1 saturated heterocycles. The lowest BCUT2D eigenvalue weighted by molar-refractivity contribution is -0.128. The van der Waals surface area contributed by atoms with Gasteiger partial charge < -0.3 is 10.2 Å². The number of nitrogens with zero attached hydrogens (tertiary/aromatic N) is 2. The van der Waals surface area contributed by atoms with E-state index in [0.29, 0.717) is 6.42 Å². The molecule has 3 rings (SSSR count). The molecule has 1 aliphatic heterocycles. The van der Waals surface area contributed by atoms with Gasteiger partial charge in [0.25, 0.3) is 0 Å². The first-order valence-electron chi connectivity index (χ1n) is 7.74. The number of likely N-dealkylation sites (tertiary alicyclic amines) is 1. The quantitative estimate of drug-likeness (QED) is 0.922. The molecule has 0 radical (unpaired) electrons. The number of hydrogen-bond acceptors (Lipinski definition) is 3. The molecule has 2 heterocycles. The fourth-order valence-corrected chi connectivity index (χ4v) is 2.69. The number of carbonyl (C=O) groups excluding carboxylic acids is 1. The van der Waals surface area contributed by atoms with Gasteiger partial charge in [-0.05, 0) is 36.6 Å². The molecule has 4 nitrogen and oxygen atoms in total. The molecule has 1 amide bonds. The third-order valence-corrected chi connectivity index (χ3v) is 3.93. The number of aromatic nitrogens is 1. The number of nitrogens with one attached hydrogen (secondary N) is 1. The van der Waals surface area contributed by atoms with Crippen molar-refractivity contribution in [3.05, 3.63) is 59.3 Å². The van der Waals surface area contributed by atoms with Gasteiger partial charge in [-0.3, -0.25) is 4.79 Å². The lowest BCUT2D eigenvalue weighted by Gasteiger charge is -2.15. The minimum absolute atomic E-state index is 0.274. The van der Waals surface area contributed by atoms with Gasteiger partial charge in [-0.25, -0.2) is 4.98 Å². The van der Waals surface area contributed by atoms with Crippen LogP contribution in [-0.4, -0.2) is 22.3 Å². The van der Waals surface area contributed by atoms with Gasteiger partial charge in [-0.2, -0.15) is 0 Å². The second-order valence-corrected chi connectivity index (χ2v) is 5.75. The maximum Gasteiger partial charge on any atom is 0.222 e. The minimum Gasteiger partial charge on any atom is -0.366 e. The maximum absolute atomic E-state index is 11.6. The molecule has 22 heavy (non-hydrogen) atoms. The van der Waals surface area contributed by atoms with Crippen molar-refractivity contribution in [2.24, 2.45) is 0 Å². The molecule has 1 N–H and O–H groups in total. The van der Waals surface area contributed by atoms with Crippen molar-refractivity contribution < 1.29 is 4.79 Å². The van der Waals surface area contributed by atoms with E-state index in [4.69, 9.17) is 0 Å². The number of carbonyl (C=O) groups is 1. The van der Waals surface area contributed by atoms with Crippen molar-refractivity contribution in [2.45, 2.75) is 32.9 Å². The van der Waals surface area contributed by atoms with E-state index in [1.165, 1.54) is 11.1 Å². The largest absolute Gasteiger partial charge is 0.366 e. The molecule has 1 aromatic carbocycles. The molecular weight excluding hydrogens is 274 g/mol. The van der Waals surface area contributed by atoms with Gasteiger partial charge in [0, 0.05) is 31.7 Å². The number of benzene rings is 1. The first kappa shape index (κ1) is 14.6. The Kier molecular flexibility index (Phi) is 4.37. The van der Waals surface area contributed by atoms with E-state index in [2.05, 4.69) is 34.6 Å². The summed E-state index contributed by atoms with van der Waals surface area (Å²) in [6.07, 6.45) is 1.69. The van der Waals surface area contributed by atoms with E-state index < -0.39 is 0 Å². The fourth-order valence-electron chi connectivity index (χ4n) is 2.69. The molecule has 1 fully saturated rings. The maximum atomic E-state index is 11.6. The zero-order chi connectivity index (χ0) is 15.4. The number of amides is 1. The summed E-state index contributed by atoms with van der Waals surface area (Å²) in [4.78, 5) is 18.0. The summed E-state index contributed by atoms with van der Waals surface area (Å²) in [7, 11) is 0. The van der Waals surface area contributed by atoms with E-state index >= 15 is 0 Å². The molecule has 1 aliphatic rings. The summed E-state index contributed by atoms with van der Waals surface area (Å²) < 4.78 is 0. The van der Waals surface area contributed by atoms with Crippen LogP contribution in [0.15, 0.2) is 42.5 Å². The second-order valence-electron chi connectivity index (χ2n) is 5.75. The number of aryl methyl sites for hydroxylation is 1. The molecule has 2 aromatic rings. The van der Waals surface area contributed by atoms with Crippen LogP contribution in [0.2, 0.25) is 0 Å². The summed E-state index contributed by atoms with van der Waals surface area (Å²) in [6.45, 7) is 4.35. The van der Waals surface area contributed by atoms with Crippen LogP contribution in [0.25, 0.3) is 0 Å². The molecule has 0 atom stereocenters. The van der Waals surface area contributed by atoms with Crippen LogP contribution in [0, 0.1) is 6.92 Å². The number of hydrogen-bond donors (Lipinski definition) is 1. The SMILES string of the molecule is Cc1cccc(NCc2ccc(CN3CCCC3=O)cc2)n1. The van der Waals surface area contributed by atoms with Crippen molar-refractivity contribution in [1.29, 1.82) is 0 Å². The first-order chi connectivity index (χ1) is 10.7. The highest BCUT2D eigenvalue weighted by Gasteiger charge is 2.19. The van der Waals surface area contributed by atoms with Gasteiger partial charge in [-0.1, -0.05) is 30.3 Å². The van der Waals surface area contributed by atoms with E-state index in [1.54, 1.807) is 0 Å². The van der Waals surface area contributed by atoms with E-state index in [-0.39, 0.29) is 5.91 Å². The fraction of sp³-hybridized carbons (Fsp3) is 0.333. The van der Waals surface area contributed by atoms with Crippen molar-refractivity contribution in [3.8, 4) is 0 Å². The van der Waals surface area contributed by atoms with Crippen LogP contribution >= 0.6 is 0 Å². The number of anilines is 1. The third kappa shape index (κ3) is 3.64. The highest BCUT2D eigenvalue weighted by Crippen LogP contribution is 2.15. The molecule has 0 unspecified atom stereocenters. The third-order valence-electron chi connectivity index (χ3n) is 3.93. The highest BCUT2D eigenvalue weighted by molar-refractivity contribution is 5.78. The average Bonchev–Trinajstić information content (AvgIpc) is 2.92. The van der Waals surface area contributed by atoms with Gasteiger partial charge in [-0.15, -0.1) is 0 Å². The summed E-state index contributed by atoms with van der Waals surface area (Å²) in [5, 5.41) is 3.33. The lowest BCUT2D eigenvalue weighted by Crippen LogP contribution is -2.23. The zero-order valence-electron chi connectivity index (χ0n) is 12.9. The summed E-state index contributed by atoms with van der Waals surface area (Å²) in [6, 6.07) is 14.4. The van der Waals surface area contributed by atoms with Crippen LogP contribution in [-0.2, 0) is 17.9 Å². The molecule has 114 valence electrons. The monoisotopic (exact) mass is 295 g/mol. The topological polar surface area (TPSA) is 45.2 Å². The highest BCUT2D eigenvalue weighted by atomic mass is 16.2. The van der Waals surface area contributed by atoms with Crippen molar-refractivity contribution in [1.82, 2.24) is 9.88 Å². The number of rotatable bonds is 5. The Morgan fingerprint density at radius 3 is 2.59 bits per heavy atom. The summed E-state index contributed by atoms with van der Waals surface area (Å²) in [5.41, 5.74) is 3.41. The Balaban J connectivity index is 1.56. The average molecular weight is 295 g/mol. The Morgan fingerprint density at radius 1 is 1.14 bits per heavy atom. The van der Waals surface area contributed by atoms with Crippen LogP contribution in [0.3, 0.4) is 0 Å². The standard InChI is InChI=1S/C18H21N3O/c1-14-4-2-5-17(20-14)19-12-15-7-9-16(10-8-15)13-21-11-3-6-18(21)22/h2,4-5,7-10H,3,6,11-13H2,1H3,(H,19,20). The van der Waals surface area contributed by atoms with Crippen LogP contribution in [0.1, 0.15) is 29.7 Å². The van der Waals surface area contributed by atoms with Crippen LogP contribution in [0.5, 0.6) is 0 Å². The molecule has 0 bridgehead atoms. The number of pyridine rings is 1. The molecule has 0 aliphatic carbocycles. The van der Waals surface area contributed by atoms with E-state index in [9.17, 15) is 4.79 Å². The first-order valence-corrected chi connectivity index (χ1v) is 7.74. The van der Waals surface area contributed by atoms with Crippen molar-refractivity contribution in [2.75, 3.05) is 11.9 Å². The normalized spacial score (nSPS) is 14.4. The second kappa shape index (κ2) is 6.60. The minimum atomic E-state index is 0.274. The molecule has 0 saturated carbocycles. The molecule has 1 aromatic heterocycles. The Bertz CT molecular complexity index is 652. The summed E-state index contributed by atoms with van der Waals surface area (Å²) >= 11 is 0. The molecular formula is C18H21N3O. The Hall–Kier alpha value is -2.36. The van der Waals surface area contributed by atoms with Gasteiger partial charge in [0.1, 0.15) is 5.82 Å². The van der Waals surface area contributed by atoms with Gasteiger partial charge in [0.05, 0.1) is 0 Å². The van der Waals surface area contributed by atoms with Crippen molar-refractivity contribution >= 4 is 11.7 Å². The van der Waals surface area contributed by atoms with Crippen LogP contribution in [0.4, 0.5) is 5.82 Å². The van der Waals surface area contributed by atoms with Gasteiger partial charge in [0.2, 0.25) is 5.91 Å². The predicted octanol–water partition coefficient (Wildman–Crippen LogP) is 3.12. The smallest absolute Gasteiger partial charge is 0.222 e. The van der Waals surface area contributed by atoms with E-state index in [0.717, 1.165) is 37.6 Å². The molecule has 0 spiro atoms. The zero-order valence-corrected chi connectivity index (χ0v) is 12.9. The van der Waals surface area contributed by atoms with Gasteiger partial charge >= 0.3 is 0 Å². The van der Waals surface area contributed by atoms with E-state index in [1.807, 2.05) is 30.0 Å². The molecule has 4 heteroatoms. The van der Waals surface area contributed by atoms with Crippen LogP contribution < -0.4 is 5.32 Å². The predicted molar refractivity (Wildman–Crippen MR) is 87.4 cm³/mol.